The molecule has 0 aromatic heterocycles. The van der Waals surface area contributed by atoms with Crippen molar-refractivity contribution in [1.29, 1.82) is 0 Å². The van der Waals surface area contributed by atoms with Gasteiger partial charge in [0.15, 0.2) is 11.5 Å². The quantitative estimate of drug-likeness (QED) is 0.823. The van der Waals surface area contributed by atoms with Gasteiger partial charge in [-0.3, -0.25) is 4.90 Å². The standard InChI is InChI=1S/C19H26N2O2/c1-14(2)21(13-15-7-5-4-6-8-15)17(12-20)16-9-10-18(22)19(11-16)23-3/h4-11,14,17,22H,12-13,20H2,1-3H3. The van der Waals surface area contributed by atoms with Crippen LogP contribution in [0.1, 0.15) is 31.0 Å². The van der Waals surface area contributed by atoms with Crippen LogP contribution in [0.25, 0.3) is 0 Å². The van der Waals surface area contributed by atoms with E-state index in [2.05, 4.69) is 43.0 Å². The van der Waals surface area contributed by atoms with Gasteiger partial charge in [-0.1, -0.05) is 36.4 Å². The molecule has 0 amide bonds. The smallest absolute Gasteiger partial charge is 0.160 e. The molecule has 4 heteroatoms. The molecule has 0 aliphatic heterocycles. The lowest BCUT2D eigenvalue weighted by molar-refractivity contribution is 0.147. The number of nitrogens with two attached hydrogens (primary N) is 1. The minimum atomic E-state index is 0.0599. The Morgan fingerprint density at radius 2 is 1.83 bits per heavy atom. The van der Waals surface area contributed by atoms with Gasteiger partial charge in [-0.2, -0.15) is 0 Å². The number of benzene rings is 2. The predicted molar refractivity (Wildman–Crippen MR) is 93.6 cm³/mol. The first kappa shape index (κ1) is 17.3. The molecule has 0 aliphatic rings. The topological polar surface area (TPSA) is 58.7 Å². The van der Waals surface area contributed by atoms with Gasteiger partial charge in [0, 0.05) is 25.2 Å². The van der Waals surface area contributed by atoms with Crippen LogP contribution in [0.4, 0.5) is 0 Å². The van der Waals surface area contributed by atoms with Gasteiger partial charge in [-0.25, -0.2) is 0 Å². The number of ether oxygens (including phenoxy) is 1. The van der Waals surface area contributed by atoms with Crippen LogP contribution in [0, 0.1) is 0 Å². The zero-order valence-corrected chi connectivity index (χ0v) is 14.1. The van der Waals surface area contributed by atoms with Crippen LogP contribution in [0.2, 0.25) is 0 Å². The number of nitrogens with zero attached hydrogens (tertiary/aromatic N) is 1. The van der Waals surface area contributed by atoms with E-state index < -0.39 is 0 Å². The predicted octanol–water partition coefficient (Wildman–Crippen LogP) is 3.31. The van der Waals surface area contributed by atoms with Crippen molar-refractivity contribution in [1.82, 2.24) is 4.90 Å². The summed E-state index contributed by atoms with van der Waals surface area (Å²) in [5, 5.41) is 9.80. The van der Waals surface area contributed by atoms with E-state index in [-0.39, 0.29) is 11.8 Å². The normalized spacial score (nSPS) is 12.6. The molecule has 0 heterocycles. The zero-order valence-electron chi connectivity index (χ0n) is 14.1. The minimum Gasteiger partial charge on any atom is -0.504 e. The summed E-state index contributed by atoms with van der Waals surface area (Å²) >= 11 is 0. The fraction of sp³-hybridized carbons (Fsp3) is 0.368. The molecule has 124 valence electrons. The van der Waals surface area contributed by atoms with Gasteiger partial charge >= 0.3 is 0 Å². The minimum absolute atomic E-state index is 0.0599. The van der Waals surface area contributed by atoms with Crippen LogP contribution in [0.15, 0.2) is 48.5 Å². The Bertz CT molecular complexity index is 614. The van der Waals surface area contributed by atoms with Gasteiger partial charge in [0.1, 0.15) is 0 Å². The van der Waals surface area contributed by atoms with Crippen LogP contribution in [0.5, 0.6) is 11.5 Å². The van der Waals surface area contributed by atoms with E-state index >= 15 is 0 Å². The second kappa shape index (κ2) is 7.99. The largest absolute Gasteiger partial charge is 0.504 e. The van der Waals surface area contributed by atoms with Crippen LogP contribution < -0.4 is 10.5 Å². The van der Waals surface area contributed by atoms with Crippen molar-refractivity contribution in [2.75, 3.05) is 13.7 Å². The lowest BCUT2D eigenvalue weighted by Crippen LogP contribution is -2.38. The van der Waals surface area contributed by atoms with Gasteiger partial charge in [0.2, 0.25) is 0 Å². The Balaban J connectivity index is 2.31. The molecular formula is C19H26N2O2. The third kappa shape index (κ3) is 4.24. The highest BCUT2D eigenvalue weighted by Gasteiger charge is 2.23. The molecule has 0 saturated carbocycles. The van der Waals surface area contributed by atoms with Gasteiger partial charge in [-0.15, -0.1) is 0 Å². The van der Waals surface area contributed by atoms with Crippen molar-refractivity contribution < 1.29 is 9.84 Å². The van der Waals surface area contributed by atoms with Crippen molar-refractivity contribution in [2.24, 2.45) is 5.73 Å². The van der Waals surface area contributed by atoms with Crippen LogP contribution in [0.3, 0.4) is 0 Å². The number of rotatable bonds is 7. The molecule has 0 radical (unpaired) electrons. The fourth-order valence-electron chi connectivity index (χ4n) is 2.81. The number of hydrogen-bond donors (Lipinski definition) is 2. The second-order valence-corrected chi connectivity index (χ2v) is 5.93. The highest BCUT2D eigenvalue weighted by Crippen LogP contribution is 2.32. The van der Waals surface area contributed by atoms with Gasteiger partial charge in [0.05, 0.1) is 7.11 Å². The van der Waals surface area contributed by atoms with E-state index in [0.717, 1.165) is 12.1 Å². The summed E-state index contributed by atoms with van der Waals surface area (Å²) in [5.41, 5.74) is 8.38. The van der Waals surface area contributed by atoms with Crippen molar-refractivity contribution in [3.05, 3.63) is 59.7 Å². The van der Waals surface area contributed by atoms with E-state index in [1.807, 2.05) is 18.2 Å². The molecule has 2 aromatic carbocycles. The SMILES string of the molecule is COc1cc(C(CN)N(Cc2ccccc2)C(C)C)ccc1O. The van der Waals surface area contributed by atoms with E-state index in [1.165, 1.54) is 5.56 Å². The van der Waals surface area contributed by atoms with Crippen LogP contribution >= 0.6 is 0 Å². The second-order valence-electron chi connectivity index (χ2n) is 5.93. The van der Waals surface area contributed by atoms with Crippen LogP contribution in [-0.4, -0.2) is 29.7 Å². The molecule has 3 N–H and O–H groups in total. The number of phenolic OH excluding ortho intramolecular Hbond substituents is 1. The molecule has 0 bridgehead atoms. The van der Waals surface area contributed by atoms with Gasteiger partial charge < -0.3 is 15.6 Å². The van der Waals surface area contributed by atoms with E-state index in [4.69, 9.17) is 10.5 Å². The third-order valence-corrected chi connectivity index (χ3v) is 4.08. The summed E-state index contributed by atoms with van der Waals surface area (Å²) in [6.45, 7) is 5.66. The summed E-state index contributed by atoms with van der Waals surface area (Å²) in [5.74, 6) is 0.621. The molecule has 2 aromatic rings. The Morgan fingerprint density at radius 1 is 1.13 bits per heavy atom. The average Bonchev–Trinajstić information content (AvgIpc) is 2.56. The average molecular weight is 314 g/mol. The van der Waals surface area contributed by atoms with Gasteiger partial charge in [-0.05, 0) is 37.1 Å². The van der Waals surface area contributed by atoms with Crippen LogP contribution in [-0.2, 0) is 6.54 Å². The molecule has 4 nitrogen and oxygen atoms in total. The maximum atomic E-state index is 9.80. The summed E-state index contributed by atoms with van der Waals surface area (Å²) in [7, 11) is 1.56. The van der Waals surface area contributed by atoms with Crippen molar-refractivity contribution in [2.45, 2.75) is 32.5 Å². The first-order valence-corrected chi connectivity index (χ1v) is 7.93. The molecule has 0 saturated heterocycles. The molecule has 23 heavy (non-hydrogen) atoms. The first-order chi connectivity index (χ1) is 11.1. The number of hydrogen-bond acceptors (Lipinski definition) is 4. The Kier molecular flexibility index (Phi) is 6.02. The molecule has 0 spiro atoms. The Hall–Kier alpha value is -2.04. The molecule has 1 unspecified atom stereocenters. The third-order valence-electron chi connectivity index (χ3n) is 4.08. The lowest BCUT2D eigenvalue weighted by atomic mass is 10.0. The summed E-state index contributed by atoms with van der Waals surface area (Å²) in [4.78, 5) is 2.36. The van der Waals surface area contributed by atoms with E-state index in [1.54, 1.807) is 13.2 Å². The van der Waals surface area contributed by atoms with Crippen molar-refractivity contribution in [3.8, 4) is 11.5 Å². The van der Waals surface area contributed by atoms with Crippen molar-refractivity contribution in [3.63, 3.8) is 0 Å². The zero-order chi connectivity index (χ0) is 16.8. The maximum absolute atomic E-state index is 9.80. The molecule has 0 aliphatic carbocycles. The Morgan fingerprint density at radius 3 is 2.39 bits per heavy atom. The fourth-order valence-corrected chi connectivity index (χ4v) is 2.81. The summed E-state index contributed by atoms with van der Waals surface area (Å²) in [6.07, 6.45) is 0. The van der Waals surface area contributed by atoms with Gasteiger partial charge in [0.25, 0.3) is 0 Å². The summed E-state index contributed by atoms with van der Waals surface area (Å²) < 4.78 is 5.23. The molecule has 0 fully saturated rings. The van der Waals surface area contributed by atoms with E-state index in [0.29, 0.717) is 18.3 Å². The maximum Gasteiger partial charge on any atom is 0.160 e. The lowest BCUT2D eigenvalue weighted by Gasteiger charge is -2.35. The highest BCUT2D eigenvalue weighted by molar-refractivity contribution is 5.43. The molecule has 1 atom stereocenters. The number of methoxy groups -OCH3 is 1. The molecular weight excluding hydrogens is 288 g/mol. The number of aromatic hydroxyl groups is 1. The van der Waals surface area contributed by atoms with E-state index in [9.17, 15) is 5.11 Å². The number of phenols is 1. The first-order valence-electron chi connectivity index (χ1n) is 7.93. The highest BCUT2D eigenvalue weighted by atomic mass is 16.5. The molecule has 2 rings (SSSR count). The Labute approximate surface area is 138 Å². The van der Waals surface area contributed by atoms with Crippen molar-refractivity contribution >= 4 is 0 Å². The summed E-state index contributed by atoms with van der Waals surface area (Å²) in [6, 6.07) is 16.2. The monoisotopic (exact) mass is 314 g/mol.